The highest BCUT2D eigenvalue weighted by Crippen LogP contribution is 2.24. The van der Waals surface area contributed by atoms with E-state index in [1.165, 1.54) is 6.20 Å². The fourth-order valence-corrected chi connectivity index (χ4v) is 2.42. The van der Waals surface area contributed by atoms with Crippen LogP contribution in [0.2, 0.25) is 10.0 Å². The monoisotopic (exact) mass is 382 g/mol. The molecule has 0 unspecified atom stereocenters. The van der Waals surface area contributed by atoms with Crippen LogP contribution in [0.25, 0.3) is 0 Å². The van der Waals surface area contributed by atoms with E-state index in [1.54, 1.807) is 36.2 Å². The summed E-state index contributed by atoms with van der Waals surface area (Å²) in [5.74, 6) is 0.786. The third kappa shape index (κ3) is 5.80. The van der Waals surface area contributed by atoms with Gasteiger partial charge in [0.05, 0.1) is 18.2 Å². The number of aromatic nitrogens is 1. The molecule has 0 aliphatic carbocycles. The molecule has 0 saturated heterocycles. The molecule has 134 valence electrons. The maximum absolute atomic E-state index is 12.4. The first-order valence-electron chi connectivity index (χ1n) is 7.83. The summed E-state index contributed by atoms with van der Waals surface area (Å²) in [6.07, 6.45) is 1.41. The Kier molecular flexibility index (Phi) is 6.91. The number of nitrogens with zero attached hydrogens (tertiary/aromatic N) is 2. The lowest BCUT2D eigenvalue weighted by atomic mass is 10.2. The maximum atomic E-state index is 12.4. The lowest BCUT2D eigenvalue weighted by Gasteiger charge is -2.18. The Hall–Kier alpha value is -1.98. The van der Waals surface area contributed by atoms with Gasteiger partial charge in [-0.15, -0.1) is 0 Å². The molecule has 0 N–H and O–H groups in total. The molecule has 0 aliphatic heterocycles. The van der Waals surface area contributed by atoms with Crippen molar-refractivity contribution in [3.05, 3.63) is 52.1 Å². The van der Waals surface area contributed by atoms with E-state index in [4.69, 9.17) is 32.7 Å². The Morgan fingerprint density at radius 3 is 2.68 bits per heavy atom. The highest BCUT2D eigenvalue weighted by Gasteiger charge is 2.15. The van der Waals surface area contributed by atoms with Crippen LogP contribution in [0.5, 0.6) is 11.6 Å². The molecule has 0 fully saturated rings. The van der Waals surface area contributed by atoms with Gasteiger partial charge in [0, 0.05) is 18.3 Å². The molecule has 1 heterocycles. The number of ether oxygens (including phenoxy) is 2. The summed E-state index contributed by atoms with van der Waals surface area (Å²) < 4.78 is 11.1. The molecule has 0 atom stereocenters. The van der Waals surface area contributed by atoms with Crippen molar-refractivity contribution in [3.63, 3.8) is 0 Å². The summed E-state index contributed by atoms with van der Waals surface area (Å²) in [6, 6.07) is 8.67. The zero-order valence-corrected chi connectivity index (χ0v) is 15.8. The Morgan fingerprint density at radius 2 is 2.04 bits per heavy atom. The van der Waals surface area contributed by atoms with E-state index < -0.39 is 0 Å². The van der Waals surface area contributed by atoms with Gasteiger partial charge in [-0.25, -0.2) is 4.98 Å². The third-order valence-electron chi connectivity index (χ3n) is 3.24. The van der Waals surface area contributed by atoms with Crippen LogP contribution in [0.4, 0.5) is 0 Å². The fourth-order valence-electron chi connectivity index (χ4n) is 2.03. The standard InChI is InChI=1S/C18H20Cl2N2O3/c1-12(2)25-17-16(20)9-13(11-21-17)18(23)22(3)7-8-24-15-6-4-5-14(19)10-15/h4-6,9-12H,7-8H2,1-3H3. The van der Waals surface area contributed by atoms with Crippen molar-refractivity contribution in [1.82, 2.24) is 9.88 Å². The van der Waals surface area contributed by atoms with Crippen LogP contribution in [0.1, 0.15) is 24.2 Å². The zero-order chi connectivity index (χ0) is 18.4. The molecule has 0 saturated carbocycles. The van der Waals surface area contributed by atoms with Crippen molar-refractivity contribution in [2.45, 2.75) is 20.0 Å². The second-order valence-electron chi connectivity index (χ2n) is 5.71. The van der Waals surface area contributed by atoms with Gasteiger partial charge in [0.2, 0.25) is 5.88 Å². The van der Waals surface area contributed by atoms with Gasteiger partial charge in [-0.1, -0.05) is 29.3 Å². The number of carbonyl (C=O) groups excluding carboxylic acids is 1. The number of carbonyl (C=O) groups is 1. The third-order valence-corrected chi connectivity index (χ3v) is 3.75. The largest absolute Gasteiger partial charge is 0.492 e. The number of likely N-dealkylation sites (N-methyl/N-ethyl adjacent to an activating group) is 1. The summed E-state index contributed by atoms with van der Waals surface area (Å²) in [5, 5.41) is 0.912. The van der Waals surface area contributed by atoms with Gasteiger partial charge < -0.3 is 14.4 Å². The Morgan fingerprint density at radius 1 is 1.28 bits per heavy atom. The topological polar surface area (TPSA) is 51.7 Å². The molecule has 0 spiro atoms. The van der Waals surface area contributed by atoms with Gasteiger partial charge in [0.15, 0.2) is 0 Å². The van der Waals surface area contributed by atoms with E-state index in [-0.39, 0.29) is 12.0 Å². The van der Waals surface area contributed by atoms with Crippen LogP contribution in [0.3, 0.4) is 0 Å². The number of amides is 1. The predicted molar refractivity (Wildman–Crippen MR) is 98.9 cm³/mol. The normalized spacial score (nSPS) is 10.6. The molecule has 2 aromatic rings. The molecule has 25 heavy (non-hydrogen) atoms. The summed E-state index contributed by atoms with van der Waals surface area (Å²) in [4.78, 5) is 18.1. The number of rotatable bonds is 7. The predicted octanol–water partition coefficient (Wildman–Crippen LogP) is 4.33. The average molecular weight is 383 g/mol. The number of hydrogen-bond acceptors (Lipinski definition) is 4. The smallest absolute Gasteiger partial charge is 0.255 e. The molecular formula is C18H20Cl2N2O3. The first-order valence-corrected chi connectivity index (χ1v) is 8.58. The number of halogens is 2. The second kappa shape index (κ2) is 8.92. The van der Waals surface area contributed by atoms with Crippen molar-refractivity contribution in [2.24, 2.45) is 0 Å². The SMILES string of the molecule is CC(C)Oc1ncc(C(=O)N(C)CCOc2cccc(Cl)c2)cc1Cl. The van der Waals surface area contributed by atoms with Crippen LogP contribution in [0, 0.1) is 0 Å². The van der Waals surface area contributed by atoms with Crippen LogP contribution < -0.4 is 9.47 Å². The Labute approximate surface area is 157 Å². The Balaban J connectivity index is 1.92. The van der Waals surface area contributed by atoms with E-state index in [9.17, 15) is 4.79 Å². The lowest BCUT2D eigenvalue weighted by molar-refractivity contribution is 0.0773. The fraction of sp³-hybridized carbons (Fsp3) is 0.333. The molecule has 0 aliphatic rings. The molecule has 1 aromatic heterocycles. The van der Waals surface area contributed by atoms with E-state index >= 15 is 0 Å². The number of hydrogen-bond donors (Lipinski definition) is 0. The summed E-state index contributed by atoms with van der Waals surface area (Å²) in [5.41, 5.74) is 0.395. The first-order chi connectivity index (χ1) is 11.9. The van der Waals surface area contributed by atoms with Crippen LogP contribution in [0.15, 0.2) is 36.5 Å². The lowest BCUT2D eigenvalue weighted by Crippen LogP contribution is -2.31. The van der Waals surface area contributed by atoms with Gasteiger partial charge in [0.1, 0.15) is 17.4 Å². The summed E-state index contributed by atoms with van der Waals surface area (Å²) in [6.45, 7) is 4.51. The van der Waals surface area contributed by atoms with Crippen LogP contribution in [-0.4, -0.2) is 42.1 Å². The molecule has 0 bridgehead atoms. The van der Waals surface area contributed by atoms with Gasteiger partial charge in [-0.2, -0.15) is 0 Å². The van der Waals surface area contributed by atoms with E-state index in [2.05, 4.69) is 4.98 Å². The van der Waals surface area contributed by atoms with Gasteiger partial charge in [0.25, 0.3) is 5.91 Å². The Bertz CT molecular complexity index is 738. The van der Waals surface area contributed by atoms with Crippen LogP contribution >= 0.6 is 23.2 Å². The minimum atomic E-state index is -0.194. The van der Waals surface area contributed by atoms with Gasteiger partial charge in [-0.3, -0.25) is 4.79 Å². The number of pyridine rings is 1. The summed E-state index contributed by atoms with van der Waals surface area (Å²) >= 11 is 12.0. The second-order valence-corrected chi connectivity index (χ2v) is 6.55. The molecule has 7 heteroatoms. The molecule has 2 rings (SSSR count). The highest BCUT2D eigenvalue weighted by atomic mass is 35.5. The van der Waals surface area contributed by atoms with Crippen molar-refractivity contribution in [2.75, 3.05) is 20.2 Å². The van der Waals surface area contributed by atoms with E-state index in [1.807, 2.05) is 19.9 Å². The quantitative estimate of drug-likeness (QED) is 0.714. The van der Waals surface area contributed by atoms with Crippen molar-refractivity contribution in [3.8, 4) is 11.6 Å². The molecule has 0 radical (unpaired) electrons. The van der Waals surface area contributed by atoms with Crippen LogP contribution in [-0.2, 0) is 0 Å². The van der Waals surface area contributed by atoms with Gasteiger partial charge in [-0.05, 0) is 38.1 Å². The van der Waals surface area contributed by atoms with Crippen molar-refractivity contribution in [1.29, 1.82) is 0 Å². The minimum Gasteiger partial charge on any atom is -0.492 e. The molecule has 1 aromatic carbocycles. The van der Waals surface area contributed by atoms with Gasteiger partial charge >= 0.3 is 0 Å². The number of benzene rings is 1. The van der Waals surface area contributed by atoms with E-state index in [0.717, 1.165) is 0 Å². The first kappa shape index (κ1) is 19.3. The highest BCUT2D eigenvalue weighted by molar-refractivity contribution is 6.32. The minimum absolute atomic E-state index is 0.0436. The van der Waals surface area contributed by atoms with Crippen molar-refractivity contribution < 1.29 is 14.3 Å². The summed E-state index contributed by atoms with van der Waals surface area (Å²) in [7, 11) is 1.69. The zero-order valence-electron chi connectivity index (χ0n) is 14.3. The van der Waals surface area contributed by atoms with Crippen molar-refractivity contribution >= 4 is 29.1 Å². The average Bonchev–Trinajstić information content (AvgIpc) is 2.55. The molecule has 5 nitrogen and oxygen atoms in total. The van der Waals surface area contributed by atoms with E-state index in [0.29, 0.717) is 40.4 Å². The maximum Gasteiger partial charge on any atom is 0.255 e. The molecule has 1 amide bonds. The molecular weight excluding hydrogens is 363 g/mol.